The second-order valence-corrected chi connectivity index (χ2v) is 5.36. The van der Waals surface area contributed by atoms with E-state index in [4.69, 9.17) is 5.73 Å². The molecule has 1 aliphatic rings. The number of unbranched alkanes of at least 4 members (excludes halogenated alkanes) is 1. The molecule has 116 valence electrons. The second-order valence-electron chi connectivity index (χ2n) is 5.36. The number of hydrogen-bond acceptors (Lipinski definition) is 4. The first kappa shape index (κ1) is 15.3. The van der Waals surface area contributed by atoms with Gasteiger partial charge in [0, 0.05) is 19.0 Å². The summed E-state index contributed by atoms with van der Waals surface area (Å²) in [7, 11) is 0. The van der Waals surface area contributed by atoms with Crippen molar-refractivity contribution in [1.29, 1.82) is 0 Å². The number of nitrogens with zero attached hydrogens (tertiary/aromatic N) is 2. The molecule has 1 saturated carbocycles. The number of aromatic amines is 1. The third-order valence-corrected chi connectivity index (χ3v) is 3.73. The topological polar surface area (TPSA) is 101 Å². The van der Waals surface area contributed by atoms with E-state index in [2.05, 4.69) is 4.98 Å². The Hall–Kier alpha value is -2.05. The highest BCUT2D eigenvalue weighted by molar-refractivity contribution is 5.98. The summed E-state index contributed by atoms with van der Waals surface area (Å²) in [4.78, 5) is 39.9. The van der Waals surface area contributed by atoms with Gasteiger partial charge in [-0.1, -0.05) is 13.3 Å². The molecule has 1 amide bonds. The van der Waals surface area contributed by atoms with Crippen molar-refractivity contribution in [2.75, 3.05) is 17.2 Å². The van der Waals surface area contributed by atoms with Gasteiger partial charge >= 0.3 is 5.69 Å². The fourth-order valence-corrected chi connectivity index (χ4v) is 2.35. The van der Waals surface area contributed by atoms with Crippen LogP contribution < -0.4 is 21.9 Å². The lowest BCUT2D eigenvalue weighted by Gasteiger charge is -2.23. The van der Waals surface area contributed by atoms with Crippen LogP contribution in [0.15, 0.2) is 9.59 Å². The smallest absolute Gasteiger partial charge is 0.330 e. The van der Waals surface area contributed by atoms with E-state index >= 15 is 0 Å². The van der Waals surface area contributed by atoms with Gasteiger partial charge in [-0.3, -0.25) is 19.1 Å². The van der Waals surface area contributed by atoms with Crippen molar-refractivity contribution in [3.63, 3.8) is 0 Å². The first-order valence-corrected chi connectivity index (χ1v) is 7.45. The van der Waals surface area contributed by atoms with Crippen molar-refractivity contribution in [1.82, 2.24) is 9.55 Å². The number of aromatic nitrogens is 2. The largest absolute Gasteiger partial charge is 0.383 e. The zero-order valence-electron chi connectivity index (χ0n) is 12.5. The van der Waals surface area contributed by atoms with Gasteiger partial charge < -0.3 is 10.6 Å². The van der Waals surface area contributed by atoms with E-state index in [1.807, 2.05) is 6.92 Å². The van der Waals surface area contributed by atoms with Gasteiger partial charge in [-0.15, -0.1) is 0 Å². The van der Waals surface area contributed by atoms with Gasteiger partial charge in [0.05, 0.1) is 0 Å². The van der Waals surface area contributed by atoms with Crippen LogP contribution in [0, 0.1) is 5.92 Å². The fourth-order valence-electron chi connectivity index (χ4n) is 2.35. The molecule has 0 aromatic carbocycles. The first-order chi connectivity index (χ1) is 10.0. The van der Waals surface area contributed by atoms with Gasteiger partial charge in [0.1, 0.15) is 5.82 Å². The molecule has 0 bridgehead atoms. The first-order valence-electron chi connectivity index (χ1n) is 7.45. The Bertz CT molecular complexity index is 643. The fraction of sp³-hybridized carbons (Fsp3) is 0.643. The van der Waals surface area contributed by atoms with E-state index in [1.54, 1.807) is 6.92 Å². The SMILES string of the molecule is CCCCn1c(N)c(N(CC)C(=O)C2CC2)c(=O)[nH]c1=O. The van der Waals surface area contributed by atoms with Crippen LogP contribution in [0.4, 0.5) is 11.5 Å². The normalized spacial score (nSPS) is 14.2. The molecule has 0 atom stereocenters. The lowest BCUT2D eigenvalue weighted by atomic mass is 10.3. The molecule has 0 spiro atoms. The van der Waals surface area contributed by atoms with Crippen LogP contribution in [0.1, 0.15) is 39.5 Å². The Balaban J connectivity index is 2.48. The monoisotopic (exact) mass is 294 g/mol. The Morgan fingerprint density at radius 2 is 2.05 bits per heavy atom. The summed E-state index contributed by atoms with van der Waals surface area (Å²) < 4.78 is 1.34. The average Bonchev–Trinajstić information content (AvgIpc) is 3.27. The summed E-state index contributed by atoms with van der Waals surface area (Å²) >= 11 is 0. The number of nitrogens with one attached hydrogen (secondary N) is 1. The summed E-state index contributed by atoms with van der Waals surface area (Å²) in [5, 5.41) is 0. The maximum Gasteiger partial charge on any atom is 0.330 e. The molecule has 1 aliphatic carbocycles. The van der Waals surface area contributed by atoms with Gasteiger partial charge in [0.2, 0.25) is 5.91 Å². The summed E-state index contributed by atoms with van der Waals surface area (Å²) in [5.41, 5.74) is 4.99. The molecule has 1 fully saturated rings. The van der Waals surface area contributed by atoms with Crippen molar-refractivity contribution in [3.8, 4) is 0 Å². The molecule has 7 heteroatoms. The molecule has 1 aromatic rings. The van der Waals surface area contributed by atoms with Gasteiger partial charge in [-0.05, 0) is 26.2 Å². The van der Waals surface area contributed by atoms with Crippen LogP contribution in [0.5, 0.6) is 0 Å². The van der Waals surface area contributed by atoms with Crippen molar-refractivity contribution >= 4 is 17.4 Å². The van der Waals surface area contributed by atoms with Gasteiger partial charge in [-0.25, -0.2) is 4.79 Å². The zero-order chi connectivity index (χ0) is 15.6. The molecule has 0 aliphatic heterocycles. The number of nitrogens with two attached hydrogens (primary N) is 1. The molecular formula is C14H22N4O3. The highest BCUT2D eigenvalue weighted by Gasteiger charge is 2.35. The molecule has 0 radical (unpaired) electrons. The molecule has 0 unspecified atom stereocenters. The number of H-pyrrole nitrogens is 1. The molecular weight excluding hydrogens is 272 g/mol. The molecule has 1 heterocycles. The number of hydrogen-bond donors (Lipinski definition) is 2. The number of carbonyl (C=O) groups excluding carboxylic acids is 1. The van der Waals surface area contributed by atoms with Crippen LogP contribution >= 0.6 is 0 Å². The van der Waals surface area contributed by atoms with Crippen LogP contribution in [0.3, 0.4) is 0 Å². The number of anilines is 2. The van der Waals surface area contributed by atoms with E-state index in [-0.39, 0.29) is 23.3 Å². The standard InChI is InChI=1S/C14H22N4O3/c1-3-5-8-18-11(15)10(12(19)16-14(18)21)17(4-2)13(20)9-6-7-9/h9H,3-8,15H2,1-2H3,(H,16,19,21). The third-order valence-electron chi connectivity index (χ3n) is 3.73. The lowest BCUT2D eigenvalue weighted by Crippen LogP contribution is -2.41. The summed E-state index contributed by atoms with van der Waals surface area (Å²) in [6.45, 7) is 4.58. The number of carbonyl (C=O) groups is 1. The minimum absolute atomic E-state index is 0.0141. The molecule has 2 rings (SSSR count). The van der Waals surface area contributed by atoms with Crippen molar-refractivity contribution in [3.05, 3.63) is 20.8 Å². The zero-order valence-corrected chi connectivity index (χ0v) is 12.5. The van der Waals surface area contributed by atoms with Crippen molar-refractivity contribution in [2.45, 2.75) is 46.1 Å². The van der Waals surface area contributed by atoms with Gasteiger partial charge in [0.15, 0.2) is 5.69 Å². The van der Waals surface area contributed by atoms with Crippen LogP contribution in [0.25, 0.3) is 0 Å². The van der Waals surface area contributed by atoms with Crippen LogP contribution in [-0.2, 0) is 11.3 Å². The van der Waals surface area contributed by atoms with Gasteiger partial charge in [-0.2, -0.15) is 0 Å². The van der Waals surface area contributed by atoms with E-state index < -0.39 is 11.2 Å². The third kappa shape index (κ3) is 3.01. The lowest BCUT2D eigenvalue weighted by molar-refractivity contribution is -0.119. The van der Waals surface area contributed by atoms with Gasteiger partial charge in [0.25, 0.3) is 5.56 Å². The predicted octanol–water partition coefficient (Wildman–Crippen LogP) is 0.682. The van der Waals surface area contributed by atoms with Crippen LogP contribution in [0.2, 0.25) is 0 Å². The average molecular weight is 294 g/mol. The molecule has 3 N–H and O–H groups in total. The Kier molecular flexibility index (Phi) is 4.50. The highest BCUT2D eigenvalue weighted by Crippen LogP contribution is 2.32. The van der Waals surface area contributed by atoms with E-state index in [9.17, 15) is 14.4 Å². The van der Waals surface area contributed by atoms with Crippen molar-refractivity contribution in [2.24, 2.45) is 5.92 Å². The Morgan fingerprint density at radius 1 is 1.38 bits per heavy atom. The number of rotatable bonds is 6. The summed E-state index contributed by atoms with van der Waals surface area (Å²) in [5.74, 6) is -0.0248. The Labute approximate surface area is 122 Å². The molecule has 0 saturated heterocycles. The minimum Gasteiger partial charge on any atom is -0.383 e. The molecule has 1 aromatic heterocycles. The maximum atomic E-state index is 12.3. The second kappa shape index (κ2) is 6.15. The quantitative estimate of drug-likeness (QED) is 0.805. The van der Waals surface area contributed by atoms with E-state index in [1.165, 1.54) is 9.47 Å². The van der Waals surface area contributed by atoms with Crippen molar-refractivity contribution < 1.29 is 4.79 Å². The van der Waals surface area contributed by atoms with E-state index in [0.29, 0.717) is 13.1 Å². The van der Waals surface area contributed by atoms with E-state index in [0.717, 1.165) is 25.7 Å². The molecule has 21 heavy (non-hydrogen) atoms. The highest BCUT2D eigenvalue weighted by atomic mass is 16.2. The number of amides is 1. The Morgan fingerprint density at radius 3 is 2.57 bits per heavy atom. The molecule has 7 nitrogen and oxygen atoms in total. The predicted molar refractivity (Wildman–Crippen MR) is 81.4 cm³/mol. The maximum absolute atomic E-state index is 12.3. The minimum atomic E-state index is -0.596. The number of nitrogen functional groups attached to an aromatic ring is 1. The summed E-state index contributed by atoms with van der Waals surface area (Å²) in [6.07, 6.45) is 3.38. The summed E-state index contributed by atoms with van der Waals surface area (Å²) in [6, 6.07) is 0. The van der Waals surface area contributed by atoms with Crippen LogP contribution in [-0.4, -0.2) is 22.0 Å².